The van der Waals surface area contributed by atoms with E-state index < -0.39 is 12.0 Å². The van der Waals surface area contributed by atoms with Crippen molar-refractivity contribution in [2.45, 2.75) is 26.4 Å². The van der Waals surface area contributed by atoms with Gasteiger partial charge in [0.15, 0.2) is 0 Å². The molecule has 1 heterocycles. The second-order valence-corrected chi connectivity index (χ2v) is 6.60. The van der Waals surface area contributed by atoms with Crippen LogP contribution in [0.4, 0.5) is 0 Å². The Labute approximate surface area is 124 Å². The average Bonchev–Trinajstić information content (AvgIpc) is 2.77. The van der Waals surface area contributed by atoms with Crippen LogP contribution in [-0.2, 0) is 16.1 Å². The second kappa shape index (κ2) is 7.62. The number of likely N-dealkylation sites (N-methyl/N-ethyl adjacent to an activating group) is 1. The largest absolute Gasteiger partial charge is 0.480 e. The molecule has 1 aromatic heterocycles. The molecule has 106 valence electrons. The van der Waals surface area contributed by atoms with E-state index in [0.717, 1.165) is 8.66 Å². The smallest absolute Gasteiger partial charge is 0.320 e. The van der Waals surface area contributed by atoms with E-state index in [4.69, 9.17) is 5.11 Å². The molecule has 0 aliphatic rings. The predicted molar refractivity (Wildman–Crippen MR) is 78.2 cm³/mol. The number of nitrogens with one attached hydrogen (secondary N) is 1. The van der Waals surface area contributed by atoms with Crippen LogP contribution in [0.25, 0.3) is 0 Å². The molecule has 0 saturated heterocycles. The SMILES string of the molecule is CCN(Cc1ccc(Br)s1)C(=O)CNC(C)C(=O)O. The lowest BCUT2D eigenvalue weighted by atomic mass is 10.3. The highest BCUT2D eigenvalue weighted by Gasteiger charge is 2.16. The molecule has 0 bridgehead atoms. The number of hydrogen-bond acceptors (Lipinski definition) is 4. The van der Waals surface area contributed by atoms with Crippen molar-refractivity contribution in [3.05, 3.63) is 20.8 Å². The molecule has 0 aliphatic carbocycles. The number of halogens is 1. The van der Waals surface area contributed by atoms with Gasteiger partial charge in [-0.1, -0.05) is 0 Å². The van der Waals surface area contributed by atoms with E-state index >= 15 is 0 Å². The van der Waals surface area contributed by atoms with Crippen LogP contribution in [0.1, 0.15) is 18.7 Å². The van der Waals surface area contributed by atoms with Crippen LogP contribution >= 0.6 is 27.3 Å². The Balaban J connectivity index is 2.50. The van der Waals surface area contributed by atoms with Gasteiger partial charge in [-0.05, 0) is 41.9 Å². The molecule has 0 saturated carbocycles. The lowest BCUT2D eigenvalue weighted by Gasteiger charge is -2.21. The molecule has 0 radical (unpaired) electrons. The van der Waals surface area contributed by atoms with Crippen LogP contribution in [0.2, 0.25) is 0 Å². The summed E-state index contributed by atoms with van der Waals surface area (Å²) in [6.45, 7) is 4.60. The van der Waals surface area contributed by atoms with Gasteiger partial charge in [-0.3, -0.25) is 14.9 Å². The van der Waals surface area contributed by atoms with Crippen molar-refractivity contribution < 1.29 is 14.7 Å². The van der Waals surface area contributed by atoms with Crippen molar-refractivity contribution in [1.82, 2.24) is 10.2 Å². The van der Waals surface area contributed by atoms with E-state index in [9.17, 15) is 9.59 Å². The molecule has 1 atom stereocenters. The summed E-state index contributed by atoms with van der Waals surface area (Å²) < 4.78 is 1.03. The van der Waals surface area contributed by atoms with Crippen molar-refractivity contribution >= 4 is 39.1 Å². The zero-order chi connectivity index (χ0) is 14.4. The summed E-state index contributed by atoms with van der Waals surface area (Å²) in [7, 11) is 0. The fourth-order valence-electron chi connectivity index (χ4n) is 1.44. The van der Waals surface area contributed by atoms with Crippen molar-refractivity contribution in [3.63, 3.8) is 0 Å². The van der Waals surface area contributed by atoms with E-state index in [2.05, 4.69) is 21.2 Å². The molecule has 0 spiro atoms. The first kappa shape index (κ1) is 16.1. The molecular formula is C12H17BrN2O3S. The topological polar surface area (TPSA) is 69.6 Å². The van der Waals surface area contributed by atoms with Gasteiger partial charge < -0.3 is 10.0 Å². The number of carbonyl (C=O) groups is 2. The second-order valence-electron chi connectivity index (χ2n) is 4.05. The Morgan fingerprint density at radius 1 is 1.53 bits per heavy atom. The number of carboxylic acids is 1. The number of thiophene rings is 1. The number of rotatable bonds is 7. The molecule has 1 unspecified atom stereocenters. The standard InChI is InChI=1S/C12H17BrN2O3S/c1-3-15(7-9-4-5-10(13)19-9)11(16)6-14-8(2)12(17)18/h4-5,8,14H,3,6-7H2,1-2H3,(H,17,18). The Hall–Kier alpha value is -0.920. The average molecular weight is 349 g/mol. The molecule has 2 N–H and O–H groups in total. The van der Waals surface area contributed by atoms with E-state index in [1.165, 1.54) is 6.92 Å². The predicted octanol–water partition coefficient (Wildman–Crippen LogP) is 1.92. The Morgan fingerprint density at radius 2 is 2.21 bits per heavy atom. The van der Waals surface area contributed by atoms with Gasteiger partial charge in [0.2, 0.25) is 5.91 Å². The highest BCUT2D eigenvalue weighted by atomic mass is 79.9. The lowest BCUT2D eigenvalue weighted by Crippen LogP contribution is -2.43. The molecule has 1 rings (SSSR count). The maximum Gasteiger partial charge on any atom is 0.320 e. The minimum Gasteiger partial charge on any atom is -0.480 e. The summed E-state index contributed by atoms with van der Waals surface area (Å²) >= 11 is 4.97. The first-order valence-electron chi connectivity index (χ1n) is 5.92. The van der Waals surface area contributed by atoms with Crippen LogP contribution in [0.5, 0.6) is 0 Å². The highest BCUT2D eigenvalue weighted by molar-refractivity contribution is 9.11. The third kappa shape index (κ3) is 5.30. The number of nitrogens with zero attached hydrogens (tertiary/aromatic N) is 1. The van der Waals surface area contributed by atoms with Crippen LogP contribution in [0.15, 0.2) is 15.9 Å². The summed E-state index contributed by atoms with van der Waals surface area (Å²) in [5.41, 5.74) is 0. The van der Waals surface area contributed by atoms with Crippen LogP contribution < -0.4 is 5.32 Å². The highest BCUT2D eigenvalue weighted by Crippen LogP contribution is 2.23. The summed E-state index contributed by atoms with van der Waals surface area (Å²) in [6.07, 6.45) is 0. The molecule has 0 aromatic carbocycles. The van der Waals surface area contributed by atoms with Gasteiger partial charge in [-0.25, -0.2) is 0 Å². The van der Waals surface area contributed by atoms with E-state index in [1.54, 1.807) is 16.2 Å². The fraction of sp³-hybridized carbons (Fsp3) is 0.500. The Kier molecular flexibility index (Phi) is 6.47. The summed E-state index contributed by atoms with van der Waals surface area (Å²) in [5, 5.41) is 11.4. The van der Waals surface area contributed by atoms with Crippen molar-refractivity contribution in [3.8, 4) is 0 Å². The monoisotopic (exact) mass is 348 g/mol. The van der Waals surface area contributed by atoms with Crippen LogP contribution in [0, 0.1) is 0 Å². The zero-order valence-corrected chi connectivity index (χ0v) is 13.3. The van der Waals surface area contributed by atoms with Gasteiger partial charge in [0, 0.05) is 11.4 Å². The third-order valence-electron chi connectivity index (χ3n) is 2.64. The maximum atomic E-state index is 12.0. The van der Waals surface area contributed by atoms with E-state index in [-0.39, 0.29) is 12.5 Å². The zero-order valence-electron chi connectivity index (χ0n) is 10.9. The molecular weight excluding hydrogens is 332 g/mol. The minimum absolute atomic E-state index is 0.0356. The van der Waals surface area contributed by atoms with Gasteiger partial charge in [0.25, 0.3) is 0 Å². The summed E-state index contributed by atoms with van der Waals surface area (Å²) in [5.74, 6) is -1.06. The first-order chi connectivity index (χ1) is 8.93. The van der Waals surface area contributed by atoms with Gasteiger partial charge in [0.1, 0.15) is 6.04 Å². The quantitative estimate of drug-likeness (QED) is 0.789. The van der Waals surface area contributed by atoms with Crippen LogP contribution in [0.3, 0.4) is 0 Å². The van der Waals surface area contributed by atoms with Crippen molar-refractivity contribution in [2.75, 3.05) is 13.1 Å². The Bertz CT molecular complexity index is 450. The molecule has 7 heteroatoms. The Morgan fingerprint density at radius 3 is 2.68 bits per heavy atom. The van der Waals surface area contributed by atoms with Gasteiger partial charge in [-0.2, -0.15) is 0 Å². The van der Waals surface area contributed by atoms with Crippen molar-refractivity contribution in [2.24, 2.45) is 0 Å². The third-order valence-corrected chi connectivity index (χ3v) is 4.25. The molecule has 19 heavy (non-hydrogen) atoms. The number of carbonyl (C=O) groups excluding carboxylic acids is 1. The lowest BCUT2D eigenvalue weighted by molar-refractivity contribution is -0.139. The molecule has 5 nitrogen and oxygen atoms in total. The first-order valence-corrected chi connectivity index (χ1v) is 7.53. The van der Waals surface area contributed by atoms with Crippen molar-refractivity contribution in [1.29, 1.82) is 0 Å². The molecule has 0 fully saturated rings. The van der Waals surface area contributed by atoms with Gasteiger partial charge >= 0.3 is 5.97 Å². The summed E-state index contributed by atoms with van der Waals surface area (Å²) in [4.78, 5) is 25.4. The normalized spacial score (nSPS) is 12.2. The summed E-state index contributed by atoms with van der Waals surface area (Å²) in [6, 6.07) is 3.19. The molecule has 0 aliphatic heterocycles. The number of amides is 1. The number of aliphatic carboxylic acids is 1. The molecule has 1 aromatic rings. The van der Waals surface area contributed by atoms with E-state index in [1.807, 2.05) is 19.1 Å². The van der Waals surface area contributed by atoms with E-state index in [0.29, 0.717) is 13.1 Å². The van der Waals surface area contributed by atoms with Gasteiger partial charge in [0.05, 0.1) is 16.9 Å². The minimum atomic E-state index is -0.960. The number of hydrogen-bond donors (Lipinski definition) is 2. The molecule has 1 amide bonds. The maximum absolute atomic E-state index is 12.0. The van der Waals surface area contributed by atoms with Crippen LogP contribution in [-0.4, -0.2) is 41.0 Å². The fourth-order valence-corrected chi connectivity index (χ4v) is 2.94. The number of carboxylic acid groups (broad SMARTS) is 1. The van der Waals surface area contributed by atoms with Gasteiger partial charge in [-0.15, -0.1) is 11.3 Å².